The number of rotatable bonds is 7. The zero-order valence-corrected chi connectivity index (χ0v) is 12.0. The first-order valence-corrected chi connectivity index (χ1v) is 7.47. The minimum Gasteiger partial charge on any atom is -0.480 e. The Labute approximate surface area is 125 Å². The standard InChI is InChI=1S/C13H16N2O5S/c14-9(13(17)18)3-4-21-6-12(16)15-8-1-2-10-11(5-8)20-7-19-10/h1-2,5,9H,3-4,6-7,14H2,(H,15,16)(H,17,18). The second-order valence-corrected chi connectivity index (χ2v) is 5.51. The maximum Gasteiger partial charge on any atom is 0.320 e. The highest BCUT2D eigenvalue weighted by Crippen LogP contribution is 2.34. The van der Waals surface area contributed by atoms with Crippen LogP contribution in [0.1, 0.15) is 6.42 Å². The molecule has 8 heteroatoms. The van der Waals surface area contributed by atoms with Gasteiger partial charge >= 0.3 is 5.97 Å². The second kappa shape index (κ2) is 7.19. The van der Waals surface area contributed by atoms with E-state index in [0.29, 0.717) is 29.4 Å². The number of hydrogen-bond donors (Lipinski definition) is 3. The Kier molecular flexibility index (Phi) is 5.29. The zero-order valence-electron chi connectivity index (χ0n) is 11.2. The van der Waals surface area contributed by atoms with Crippen LogP contribution >= 0.6 is 11.8 Å². The Morgan fingerprint density at radius 2 is 2.14 bits per heavy atom. The van der Waals surface area contributed by atoms with E-state index < -0.39 is 12.0 Å². The lowest BCUT2D eigenvalue weighted by Crippen LogP contribution is -2.30. The van der Waals surface area contributed by atoms with Crippen LogP contribution in [0.25, 0.3) is 0 Å². The summed E-state index contributed by atoms with van der Waals surface area (Å²) >= 11 is 1.34. The number of carbonyl (C=O) groups excluding carboxylic acids is 1. The van der Waals surface area contributed by atoms with Crippen molar-refractivity contribution >= 4 is 29.3 Å². The number of carbonyl (C=O) groups is 2. The molecule has 114 valence electrons. The van der Waals surface area contributed by atoms with E-state index in [4.69, 9.17) is 20.3 Å². The molecule has 0 bridgehead atoms. The van der Waals surface area contributed by atoms with Crippen LogP contribution in [0.3, 0.4) is 0 Å². The molecule has 1 aromatic carbocycles. The van der Waals surface area contributed by atoms with E-state index in [0.717, 1.165) is 0 Å². The van der Waals surface area contributed by atoms with Gasteiger partial charge in [0.1, 0.15) is 6.04 Å². The number of amides is 1. The first-order chi connectivity index (χ1) is 10.1. The maximum absolute atomic E-state index is 11.7. The number of nitrogens with one attached hydrogen (secondary N) is 1. The monoisotopic (exact) mass is 312 g/mol. The fraction of sp³-hybridized carbons (Fsp3) is 0.385. The fourth-order valence-electron chi connectivity index (χ4n) is 1.67. The molecule has 0 saturated heterocycles. The SMILES string of the molecule is NC(CCSCC(=O)Nc1ccc2c(c1)OCO2)C(=O)O. The van der Waals surface area contributed by atoms with Gasteiger partial charge in [0.05, 0.1) is 5.75 Å². The van der Waals surface area contributed by atoms with Crippen molar-refractivity contribution in [2.75, 3.05) is 23.6 Å². The van der Waals surface area contributed by atoms with Gasteiger partial charge < -0.3 is 25.6 Å². The summed E-state index contributed by atoms with van der Waals surface area (Å²) in [4.78, 5) is 22.3. The minimum atomic E-state index is -1.03. The fourth-order valence-corrected chi connectivity index (χ4v) is 2.49. The molecular weight excluding hydrogens is 296 g/mol. The predicted octanol–water partition coefficient (Wildman–Crippen LogP) is 0.889. The molecule has 0 radical (unpaired) electrons. The molecule has 1 aliphatic heterocycles. The van der Waals surface area contributed by atoms with E-state index in [9.17, 15) is 9.59 Å². The topological polar surface area (TPSA) is 111 Å². The highest BCUT2D eigenvalue weighted by molar-refractivity contribution is 7.99. The number of carboxylic acid groups (broad SMARTS) is 1. The summed E-state index contributed by atoms with van der Waals surface area (Å²) in [5, 5.41) is 11.4. The number of aliphatic carboxylic acids is 1. The van der Waals surface area contributed by atoms with Gasteiger partial charge in [0.25, 0.3) is 0 Å². The Hall–Kier alpha value is -1.93. The molecule has 0 spiro atoms. The number of hydrogen-bond acceptors (Lipinski definition) is 6. The second-order valence-electron chi connectivity index (χ2n) is 4.40. The summed E-state index contributed by atoms with van der Waals surface area (Å²) in [7, 11) is 0. The lowest BCUT2D eigenvalue weighted by molar-refractivity contribution is -0.138. The van der Waals surface area contributed by atoms with E-state index >= 15 is 0 Å². The van der Waals surface area contributed by atoms with Gasteiger partial charge in [-0.3, -0.25) is 9.59 Å². The van der Waals surface area contributed by atoms with Gasteiger partial charge in [0.15, 0.2) is 11.5 Å². The first kappa shape index (κ1) is 15.5. The number of thioether (sulfide) groups is 1. The smallest absolute Gasteiger partial charge is 0.320 e. The van der Waals surface area contributed by atoms with E-state index in [1.165, 1.54) is 11.8 Å². The third kappa shape index (κ3) is 4.54. The van der Waals surface area contributed by atoms with Crippen LogP contribution in [0.4, 0.5) is 5.69 Å². The van der Waals surface area contributed by atoms with Gasteiger partial charge in [-0.15, -0.1) is 0 Å². The van der Waals surface area contributed by atoms with Crippen LogP contribution in [0.5, 0.6) is 11.5 Å². The molecule has 1 heterocycles. The van der Waals surface area contributed by atoms with Crippen LogP contribution < -0.4 is 20.5 Å². The molecule has 0 fully saturated rings. The maximum atomic E-state index is 11.7. The Morgan fingerprint density at radius 3 is 2.90 bits per heavy atom. The minimum absolute atomic E-state index is 0.164. The van der Waals surface area contributed by atoms with Crippen molar-refractivity contribution in [3.8, 4) is 11.5 Å². The molecule has 7 nitrogen and oxygen atoms in total. The lowest BCUT2D eigenvalue weighted by atomic mass is 10.2. The largest absolute Gasteiger partial charge is 0.480 e. The quantitative estimate of drug-likeness (QED) is 0.641. The average molecular weight is 312 g/mol. The summed E-state index contributed by atoms with van der Waals surface area (Å²) in [5.41, 5.74) is 6.00. The number of ether oxygens (including phenoxy) is 2. The number of fused-ring (bicyclic) bond motifs is 1. The van der Waals surface area contributed by atoms with E-state index in [-0.39, 0.29) is 18.5 Å². The number of benzene rings is 1. The van der Waals surface area contributed by atoms with Crippen molar-refractivity contribution in [2.24, 2.45) is 5.73 Å². The van der Waals surface area contributed by atoms with Gasteiger partial charge in [0, 0.05) is 11.8 Å². The predicted molar refractivity (Wildman–Crippen MR) is 78.7 cm³/mol. The third-order valence-electron chi connectivity index (χ3n) is 2.78. The normalized spacial score (nSPS) is 13.8. The highest BCUT2D eigenvalue weighted by Gasteiger charge is 2.14. The summed E-state index contributed by atoms with van der Waals surface area (Å²) in [6.45, 7) is 0.187. The van der Waals surface area contributed by atoms with Gasteiger partial charge in [0.2, 0.25) is 12.7 Å². The van der Waals surface area contributed by atoms with Crippen LogP contribution in [0, 0.1) is 0 Å². The molecule has 1 atom stereocenters. The molecular formula is C13H16N2O5S. The van der Waals surface area contributed by atoms with Gasteiger partial charge in [-0.05, 0) is 24.3 Å². The van der Waals surface area contributed by atoms with Gasteiger partial charge in [-0.1, -0.05) is 0 Å². The molecule has 1 aliphatic rings. The average Bonchev–Trinajstić information content (AvgIpc) is 2.90. The van der Waals surface area contributed by atoms with Crippen molar-refractivity contribution in [2.45, 2.75) is 12.5 Å². The van der Waals surface area contributed by atoms with Crippen molar-refractivity contribution in [3.05, 3.63) is 18.2 Å². The summed E-state index contributed by atoms with van der Waals surface area (Å²) in [6.07, 6.45) is 0.331. The van der Waals surface area contributed by atoms with Crippen molar-refractivity contribution in [3.63, 3.8) is 0 Å². The summed E-state index contributed by atoms with van der Waals surface area (Å²) in [5.74, 6) is 0.823. The third-order valence-corrected chi connectivity index (χ3v) is 3.77. The van der Waals surface area contributed by atoms with Crippen LogP contribution in [0.15, 0.2) is 18.2 Å². The molecule has 0 aromatic heterocycles. The van der Waals surface area contributed by atoms with Crippen molar-refractivity contribution in [1.82, 2.24) is 0 Å². The molecule has 4 N–H and O–H groups in total. The number of anilines is 1. The molecule has 21 heavy (non-hydrogen) atoms. The van der Waals surface area contributed by atoms with Crippen molar-refractivity contribution in [1.29, 1.82) is 0 Å². The van der Waals surface area contributed by atoms with E-state index in [1.807, 2.05) is 0 Å². The van der Waals surface area contributed by atoms with E-state index in [2.05, 4.69) is 5.32 Å². The lowest BCUT2D eigenvalue weighted by Gasteiger charge is -2.07. The number of nitrogens with two attached hydrogens (primary N) is 1. The Balaban J connectivity index is 1.71. The molecule has 0 saturated carbocycles. The first-order valence-electron chi connectivity index (χ1n) is 6.32. The highest BCUT2D eigenvalue weighted by atomic mass is 32.2. The van der Waals surface area contributed by atoms with Gasteiger partial charge in [-0.2, -0.15) is 11.8 Å². The van der Waals surface area contributed by atoms with Crippen molar-refractivity contribution < 1.29 is 24.2 Å². The summed E-state index contributed by atoms with van der Waals surface area (Å²) in [6, 6.07) is 4.29. The Morgan fingerprint density at radius 1 is 1.38 bits per heavy atom. The van der Waals surface area contributed by atoms with Crippen LogP contribution in [0.2, 0.25) is 0 Å². The molecule has 1 amide bonds. The molecule has 1 aromatic rings. The molecule has 0 aliphatic carbocycles. The molecule has 1 unspecified atom stereocenters. The van der Waals surface area contributed by atoms with Gasteiger partial charge in [-0.25, -0.2) is 0 Å². The zero-order chi connectivity index (χ0) is 15.2. The number of carboxylic acids is 1. The van der Waals surface area contributed by atoms with Crippen LogP contribution in [-0.4, -0.2) is 41.3 Å². The van der Waals surface area contributed by atoms with Crippen LogP contribution in [-0.2, 0) is 9.59 Å². The van der Waals surface area contributed by atoms with E-state index in [1.54, 1.807) is 18.2 Å². The molecule has 2 rings (SSSR count). The Bertz CT molecular complexity index is 537. The summed E-state index contributed by atoms with van der Waals surface area (Å²) < 4.78 is 10.4.